The first-order valence-electron chi connectivity index (χ1n) is 8.38. The van der Waals surface area contributed by atoms with Crippen LogP contribution in [0.1, 0.15) is 5.56 Å². The average Bonchev–Trinajstić information content (AvgIpc) is 2.64. The summed E-state index contributed by atoms with van der Waals surface area (Å²) in [5.74, 6) is 0.579. The molecule has 2 amide bonds. The first-order valence-corrected chi connectivity index (χ1v) is 9.14. The molecule has 0 aromatic heterocycles. The minimum Gasteiger partial charge on any atom is -0.495 e. The Morgan fingerprint density at radius 3 is 2.46 bits per heavy atom. The topological polar surface area (TPSA) is 44.8 Å². The molecule has 1 aliphatic rings. The monoisotopic (exact) mass is 393 g/mol. The SMILES string of the molecule is COc1ccc(NC(=O)N2CCN(c3cc(Cl)ccc3C)CC2)cc1Cl. The van der Waals surface area contributed by atoms with Gasteiger partial charge in [0.1, 0.15) is 5.75 Å². The van der Waals surface area contributed by atoms with Crippen molar-refractivity contribution in [1.82, 2.24) is 4.90 Å². The number of carbonyl (C=O) groups is 1. The van der Waals surface area contributed by atoms with Crippen molar-refractivity contribution in [3.63, 3.8) is 0 Å². The lowest BCUT2D eigenvalue weighted by atomic mass is 10.1. The van der Waals surface area contributed by atoms with Gasteiger partial charge in [-0.25, -0.2) is 4.79 Å². The Labute approximate surface area is 163 Å². The number of halogens is 2. The van der Waals surface area contributed by atoms with E-state index in [4.69, 9.17) is 27.9 Å². The molecule has 0 bridgehead atoms. The zero-order valence-electron chi connectivity index (χ0n) is 14.8. The molecule has 26 heavy (non-hydrogen) atoms. The van der Waals surface area contributed by atoms with E-state index >= 15 is 0 Å². The number of hydrogen-bond donors (Lipinski definition) is 1. The predicted molar refractivity (Wildman–Crippen MR) is 107 cm³/mol. The van der Waals surface area contributed by atoms with Crippen LogP contribution in [-0.4, -0.2) is 44.2 Å². The summed E-state index contributed by atoms with van der Waals surface area (Å²) in [4.78, 5) is 16.6. The van der Waals surface area contributed by atoms with Crippen LogP contribution in [0.25, 0.3) is 0 Å². The normalized spacial score (nSPS) is 14.3. The molecular formula is C19H21Cl2N3O2. The molecule has 0 spiro atoms. The number of hydrogen-bond acceptors (Lipinski definition) is 3. The number of piperazine rings is 1. The highest BCUT2D eigenvalue weighted by Crippen LogP contribution is 2.28. The second-order valence-corrected chi connectivity index (χ2v) is 7.03. The minimum absolute atomic E-state index is 0.131. The molecule has 0 radical (unpaired) electrons. The Morgan fingerprint density at radius 2 is 1.81 bits per heavy atom. The van der Waals surface area contributed by atoms with E-state index in [1.54, 1.807) is 30.2 Å². The maximum atomic E-state index is 12.5. The molecule has 7 heteroatoms. The van der Waals surface area contributed by atoms with Crippen LogP contribution in [0, 0.1) is 6.92 Å². The third-order valence-electron chi connectivity index (χ3n) is 4.48. The summed E-state index contributed by atoms with van der Waals surface area (Å²) in [7, 11) is 1.56. The molecule has 1 saturated heterocycles. The van der Waals surface area contributed by atoms with Crippen LogP contribution >= 0.6 is 23.2 Å². The summed E-state index contributed by atoms with van der Waals surface area (Å²) in [5.41, 5.74) is 2.95. The second-order valence-electron chi connectivity index (χ2n) is 6.18. The third-order valence-corrected chi connectivity index (χ3v) is 5.01. The van der Waals surface area contributed by atoms with Gasteiger partial charge in [-0.1, -0.05) is 29.3 Å². The van der Waals surface area contributed by atoms with Crippen molar-refractivity contribution in [2.75, 3.05) is 43.5 Å². The molecule has 0 aliphatic carbocycles. The summed E-state index contributed by atoms with van der Waals surface area (Å²) in [5, 5.41) is 4.07. The molecule has 0 saturated carbocycles. The molecule has 2 aromatic carbocycles. The molecule has 1 fully saturated rings. The van der Waals surface area contributed by atoms with Crippen molar-refractivity contribution in [2.24, 2.45) is 0 Å². The molecule has 3 rings (SSSR count). The summed E-state index contributed by atoms with van der Waals surface area (Å²) in [6, 6.07) is 10.9. The minimum atomic E-state index is -0.131. The van der Waals surface area contributed by atoms with Crippen LogP contribution in [0.4, 0.5) is 16.2 Å². The molecule has 2 aromatic rings. The lowest BCUT2D eigenvalue weighted by molar-refractivity contribution is 0.208. The molecule has 0 unspecified atom stereocenters. The van der Waals surface area contributed by atoms with Crippen molar-refractivity contribution in [1.29, 1.82) is 0 Å². The van der Waals surface area contributed by atoms with Crippen LogP contribution in [0.2, 0.25) is 10.0 Å². The molecule has 1 aliphatic heterocycles. The van der Waals surface area contributed by atoms with Gasteiger partial charge < -0.3 is 19.9 Å². The standard InChI is InChI=1S/C19H21Cl2N3O2/c1-13-3-4-14(20)11-17(13)23-7-9-24(10-8-23)19(25)22-15-5-6-18(26-2)16(21)12-15/h3-6,11-12H,7-10H2,1-2H3,(H,22,25). The van der Waals surface area contributed by atoms with E-state index < -0.39 is 0 Å². The van der Waals surface area contributed by atoms with Crippen LogP contribution in [0.15, 0.2) is 36.4 Å². The van der Waals surface area contributed by atoms with Gasteiger partial charge in [0.25, 0.3) is 0 Å². The fourth-order valence-corrected chi connectivity index (χ4v) is 3.44. The van der Waals surface area contributed by atoms with Gasteiger partial charge in [-0.05, 0) is 42.8 Å². The van der Waals surface area contributed by atoms with E-state index in [0.29, 0.717) is 29.5 Å². The van der Waals surface area contributed by atoms with Crippen LogP contribution in [0.3, 0.4) is 0 Å². The van der Waals surface area contributed by atoms with Gasteiger partial charge in [0.2, 0.25) is 0 Å². The van der Waals surface area contributed by atoms with Crippen molar-refractivity contribution >= 4 is 40.6 Å². The fourth-order valence-electron chi connectivity index (χ4n) is 3.02. The van der Waals surface area contributed by atoms with E-state index in [-0.39, 0.29) is 6.03 Å². The smallest absolute Gasteiger partial charge is 0.321 e. The van der Waals surface area contributed by atoms with Crippen molar-refractivity contribution < 1.29 is 9.53 Å². The second kappa shape index (κ2) is 8.06. The quantitative estimate of drug-likeness (QED) is 0.823. The Balaban J connectivity index is 1.60. The third kappa shape index (κ3) is 4.17. The Bertz CT molecular complexity index is 805. The number of aryl methyl sites for hydroxylation is 1. The lowest BCUT2D eigenvalue weighted by Gasteiger charge is -2.36. The van der Waals surface area contributed by atoms with Gasteiger partial charge in [-0.15, -0.1) is 0 Å². The average molecular weight is 394 g/mol. The first kappa shape index (κ1) is 18.7. The van der Waals surface area contributed by atoms with E-state index in [1.165, 1.54) is 5.56 Å². The predicted octanol–water partition coefficient (Wildman–Crippen LogP) is 4.66. The largest absolute Gasteiger partial charge is 0.495 e. The van der Waals surface area contributed by atoms with Gasteiger partial charge in [0.15, 0.2) is 0 Å². The first-order chi connectivity index (χ1) is 12.5. The number of rotatable bonds is 3. The van der Waals surface area contributed by atoms with E-state index in [1.807, 2.05) is 18.2 Å². The maximum absolute atomic E-state index is 12.5. The molecule has 5 nitrogen and oxygen atoms in total. The van der Waals surface area contributed by atoms with Crippen molar-refractivity contribution in [3.05, 3.63) is 52.0 Å². The van der Waals surface area contributed by atoms with E-state index in [9.17, 15) is 4.79 Å². The number of benzene rings is 2. The van der Waals surface area contributed by atoms with Gasteiger partial charge in [0, 0.05) is 42.6 Å². The fraction of sp³-hybridized carbons (Fsp3) is 0.316. The Morgan fingerprint density at radius 1 is 1.08 bits per heavy atom. The lowest BCUT2D eigenvalue weighted by Crippen LogP contribution is -2.50. The summed E-state index contributed by atoms with van der Waals surface area (Å²) < 4.78 is 5.12. The number of carbonyl (C=O) groups excluding carboxylic acids is 1. The highest BCUT2D eigenvalue weighted by molar-refractivity contribution is 6.32. The van der Waals surface area contributed by atoms with Crippen LogP contribution in [-0.2, 0) is 0 Å². The molecule has 1 N–H and O–H groups in total. The summed E-state index contributed by atoms with van der Waals surface area (Å²) in [6.07, 6.45) is 0. The molecule has 138 valence electrons. The van der Waals surface area contributed by atoms with Crippen LogP contribution in [0.5, 0.6) is 5.75 Å². The molecular weight excluding hydrogens is 373 g/mol. The van der Waals surface area contributed by atoms with Gasteiger partial charge in [-0.3, -0.25) is 0 Å². The van der Waals surface area contributed by atoms with Crippen LogP contribution < -0.4 is 15.0 Å². The number of ether oxygens (including phenoxy) is 1. The molecule has 1 heterocycles. The van der Waals surface area contributed by atoms with Crippen molar-refractivity contribution in [3.8, 4) is 5.75 Å². The maximum Gasteiger partial charge on any atom is 0.321 e. The highest BCUT2D eigenvalue weighted by atomic mass is 35.5. The highest BCUT2D eigenvalue weighted by Gasteiger charge is 2.22. The van der Waals surface area contributed by atoms with E-state index in [2.05, 4.69) is 17.1 Å². The number of anilines is 2. The zero-order valence-corrected chi connectivity index (χ0v) is 16.3. The number of nitrogens with zero attached hydrogens (tertiary/aromatic N) is 2. The molecule has 0 atom stereocenters. The summed E-state index contributed by atoms with van der Waals surface area (Å²) in [6.45, 7) is 4.87. The van der Waals surface area contributed by atoms with Crippen molar-refractivity contribution in [2.45, 2.75) is 6.92 Å². The van der Waals surface area contributed by atoms with Gasteiger partial charge >= 0.3 is 6.03 Å². The Hall–Kier alpha value is -2.11. The van der Waals surface area contributed by atoms with Gasteiger partial charge in [0.05, 0.1) is 12.1 Å². The number of amides is 2. The number of nitrogens with one attached hydrogen (secondary N) is 1. The number of methoxy groups -OCH3 is 1. The Kier molecular flexibility index (Phi) is 5.79. The van der Waals surface area contributed by atoms with E-state index in [0.717, 1.165) is 23.8 Å². The zero-order chi connectivity index (χ0) is 18.7. The summed E-state index contributed by atoms with van der Waals surface area (Å²) >= 11 is 12.2. The van der Waals surface area contributed by atoms with Gasteiger partial charge in [-0.2, -0.15) is 0 Å². The number of urea groups is 1.